The average molecular weight is 250 g/mol. The number of ether oxygens (including phenoxy) is 1. The Labute approximate surface area is 106 Å². The largest absolute Gasteiger partial charge is 0.464 e. The summed E-state index contributed by atoms with van der Waals surface area (Å²) < 4.78 is 4.64. The topological polar surface area (TPSA) is 62.7 Å². The van der Waals surface area contributed by atoms with Gasteiger partial charge in [0.15, 0.2) is 0 Å². The van der Waals surface area contributed by atoms with Gasteiger partial charge in [0.05, 0.1) is 18.9 Å². The highest BCUT2D eigenvalue weighted by molar-refractivity contribution is 5.87. The predicted molar refractivity (Wildman–Crippen MR) is 66.1 cm³/mol. The first-order chi connectivity index (χ1) is 8.69. The van der Waals surface area contributed by atoms with E-state index < -0.39 is 5.97 Å². The molecule has 1 saturated heterocycles. The van der Waals surface area contributed by atoms with Crippen LogP contribution in [0.5, 0.6) is 0 Å². The molecule has 1 atom stereocenters. The number of aliphatic hydroxyl groups excluding tert-OH is 1. The third-order valence-corrected chi connectivity index (χ3v) is 3.07. The quantitative estimate of drug-likeness (QED) is 0.805. The van der Waals surface area contributed by atoms with E-state index in [2.05, 4.69) is 14.6 Å². The molecule has 5 nitrogen and oxygen atoms in total. The van der Waals surface area contributed by atoms with Crippen molar-refractivity contribution in [2.24, 2.45) is 0 Å². The lowest BCUT2D eigenvalue weighted by molar-refractivity contribution is 0.0587. The first-order valence-electron chi connectivity index (χ1n) is 6.13. The number of rotatable bonds is 3. The lowest BCUT2D eigenvalue weighted by Gasteiger charge is -2.29. The normalized spacial score (nSPS) is 20.7. The number of methoxy groups -OCH3 is 1. The molecular formula is C13H18N2O3. The Morgan fingerprint density at radius 3 is 3.17 bits per heavy atom. The summed E-state index contributed by atoms with van der Waals surface area (Å²) in [5.41, 5.74) is 1.15. The molecule has 98 valence electrons. The van der Waals surface area contributed by atoms with Crippen LogP contribution in [0, 0.1) is 0 Å². The SMILES string of the molecule is COC(=O)c1cccc(CN2CCC[C@H](O)C2)n1. The molecule has 0 aromatic carbocycles. The number of aromatic nitrogens is 1. The van der Waals surface area contributed by atoms with Gasteiger partial charge in [-0.15, -0.1) is 0 Å². The maximum Gasteiger partial charge on any atom is 0.356 e. The number of piperidine rings is 1. The molecule has 0 radical (unpaired) electrons. The summed E-state index contributed by atoms with van der Waals surface area (Å²) in [6.07, 6.45) is 1.62. The van der Waals surface area contributed by atoms with Gasteiger partial charge >= 0.3 is 5.97 Å². The van der Waals surface area contributed by atoms with Crippen LogP contribution in [0.3, 0.4) is 0 Å². The maximum absolute atomic E-state index is 11.4. The molecule has 0 bridgehead atoms. The number of carbonyl (C=O) groups is 1. The number of nitrogens with zero attached hydrogens (tertiary/aromatic N) is 2. The second-order valence-electron chi connectivity index (χ2n) is 4.54. The summed E-state index contributed by atoms with van der Waals surface area (Å²) in [7, 11) is 1.34. The van der Waals surface area contributed by atoms with Crippen molar-refractivity contribution in [3.05, 3.63) is 29.6 Å². The number of carbonyl (C=O) groups excluding carboxylic acids is 1. The minimum atomic E-state index is -0.421. The first-order valence-corrected chi connectivity index (χ1v) is 6.13. The number of pyridine rings is 1. The van der Waals surface area contributed by atoms with E-state index in [1.807, 2.05) is 6.07 Å². The zero-order chi connectivity index (χ0) is 13.0. The fourth-order valence-electron chi connectivity index (χ4n) is 2.19. The van der Waals surface area contributed by atoms with Crippen LogP contribution in [0.1, 0.15) is 29.0 Å². The molecule has 0 unspecified atom stereocenters. The van der Waals surface area contributed by atoms with Gasteiger partial charge in [0, 0.05) is 13.1 Å². The number of hydrogen-bond donors (Lipinski definition) is 1. The van der Waals surface area contributed by atoms with Crippen LogP contribution in [0.25, 0.3) is 0 Å². The average Bonchev–Trinajstić information content (AvgIpc) is 2.38. The van der Waals surface area contributed by atoms with Crippen molar-refractivity contribution < 1.29 is 14.6 Å². The number of likely N-dealkylation sites (tertiary alicyclic amines) is 1. The summed E-state index contributed by atoms with van der Waals surface area (Å²) in [6.45, 7) is 2.28. The standard InChI is InChI=1S/C13H18N2O3/c1-18-13(17)12-6-2-4-10(14-12)8-15-7-3-5-11(16)9-15/h2,4,6,11,16H,3,5,7-9H2,1H3/t11-/m0/s1. The van der Waals surface area contributed by atoms with E-state index in [1.54, 1.807) is 12.1 Å². The Balaban J connectivity index is 2.02. The van der Waals surface area contributed by atoms with E-state index in [0.29, 0.717) is 18.8 Å². The van der Waals surface area contributed by atoms with Gasteiger partial charge in [-0.05, 0) is 31.5 Å². The van der Waals surface area contributed by atoms with Gasteiger partial charge in [-0.2, -0.15) is 0 Å². The van der Waals surface area contributed by atoms with Gasteiger partial charge in [-0.1, -0.05) is 6.07 Å². The minimum absolute atomic E-state index is 0.248. The fourth-order valence-corrected chi connectivity index (χ4v) is 2.19. The number of esters is 1. The van der Waals surface area contributed by atoms with Gasteiger partial charge in [-0.25, -0.2) is 9.78 Å². The molecule has 5 heteroatoms. The number of β-amino-alcohol motifs (C(OH)–C–C–N with tert-alkyl or cyclic N) is 1. The van der Waals surface area contributed by atoms with Gasteiger partial charge in [0.1, 0.15) is 5.69 Å². The molecule has 0 spiro atoms. The van der Waals surface area contributed by atoms with Crippen LogP contribution in [0.4, 0.5) is 0 Å². The van der Waals surface area contributed by atoms with Crippen molar-refractivity contribution in [1.29, 1.82) is 0 Å². The molecular weight excluding hydrogens is 232 g/mol. The van der Waals surface area contributed by atoms with Crippen molar-refractivity contribution in [3.8, 4) is 0 Å². The maximum atomic E-state index is 11.4. The van der Waals surface area contributed by atoms with Gasteiger partial charge < -0.3 is 9.84 Å². The van der Waals surface area contributed by atoms with Crippen LogP contribution >= 0.6 is 0 Å². The zero-order valence-corrected chi connectivity index (χ0v) is 10.5. The molecule has 0 saturated carbocycles. The lowest BCUT2D eigenvalue weighted by Crippen LogP contribution is -2.37. The Kier molecular flexibility index (Phi) is 4.28. The molecule has 1 aliphatic heterocycles. The van der Waals surface area contributed by atoms with Crippen LogP contribution in [-0.2, 0) is 11.3 Å². The number of aliphatic hydroxyl groups is 1. The van der Waals surface area contributed by atoms with E-state index in [0.717, 1.165) is 25.1 Å². The molecule has 2 rings (SSSR count). The second kappa shape index (κ2) is 5.93. The minimum Gasteiger partial charge on any atom is -0.464 e. The summed E-state index contributed by atoms with van der Waals surface area (Å²) in [6, 6.07) is 5.32. The van der Waals surface area contributed by atoms with Crippen molar-refractivity contribution in [3.63, 3.8) is 0 Å². The van der Waals surface area contributed by atoms with Crippen molar-refractivity contribution in [2.75, 3.05) is 20.2 Å². The smallest absolute Gasteiger partial charge is 0.356 e. The van der Waals surface area contributed by atoms with Crippen LogP contribution < -0.4 is 0 Å². The summed E-state index contributed by atoms with van der Waals surface area (Å²) >= 11 is 0. The van der Waals surface area contributed by atoms with E-state index in [1.165, 1.54) is 7.11 Å². The Morgan fingerprint density at radius 1 is 1.61 bits per heavy atom. The molecule has 1 aromatic rings. The second-order valence-corrected chi connectivity index (χ2v) is 4.54. The molecule has 18 heavy (non-hydrogen) atoms. The first kappa shape index (κ1) is 13.0. The van der Waals surface area contributed by atoms with Crippen molar-refractivity contribution in [1.82, 2.24) is 9.88 Å². The molecule has 1 aliphatic rings. The highest BCUT2D eigenvalue weighted by atomic mass is 16.5. The van der Waals surface area contributed by atoms with E-state index in [4.69, 9.17) is 0 Å². The Morgan fingerprint density at radius 2 is 2.44 bits per heavy atom. The predicted octanol–water partition coefficient (Wildman–Crippen LogP) is 0.825. The highest BCUT2D eigenvalue weighted by Crippen LogP contribution is 2.13. The highest BCUT2D eigenvalue weighted by Gasteiger charge is 2.18. The van der Waals surface area contributed by atoms with E-state index >= 15 is 0 Å². The van der Waals surface area contributed by atoms with Crippen LogP contribution in [-0.4, -0.2) is 47.3 Å². The fraction of sp³-hybridized carbons (Fsp3) is 0.538. The monoisotopic (exact) mass is 250 g/mol. The van der Waals surface area contributed by atoms with Gasteiger partial charge in [-0.3, -0.25) is 4.90 Å². The van der Waals surface area contributed by atoms with Gasteiger partial charge in [0.25, 0.3) is 0 Å². The summed E-state index contributed by atoms with van der Waals surface area (Å²) in [5.74, 6) is -0.421. The third-order valence-electron chi connectivity index (χ3n) is 3.07. The van der Waals surface area contributed by atoms with E-state index in [9.17, 15) is 9.90 Å². The Hall–Kier alpha value is -1.46. The molecule has 1 N–H and O–H groups in total. The van der Waals surface area contributed by atoms with Crippen molar-refractivity contribution in [2.45, 2.75) is 25.5 Å². The van der Waals surface area contributed by atoms with E-state index in [-0.39, 0.29) is 6.10 Å². The van der Waals surface area contributed by atoms with Crippen LogP contribution in [0.2, 0.25) is 0 Å². The molecule has 0 aliphatic carbocycles. The molecule has 1 aromatic heterocycles. The molecule has 0 amide bonds. The van der Waals surface area contributed by atoms with Crippen molar-refractivity contribution >= 4 is 5.97 Å². The Bertz CT molecular complexity index is 422. The van der Waals surface area contributed by atoms with Gasteiger partial charge in [0.2, 0.25) is 0 Å². The molecule has 2 heterocycles. The lowest BCUT2D eigenvalue weighted by atomic mass is 10.1. The number of hydrogen-bond acceptors (Lipinski definition) is 5. The summed E-state index contributed by atoms with van der Waals surface area (Å²) in [4.78, 5) is 17.8. The zero-order valence-electron chi connectivity index (χ0n) is 10.5. The van der Waals surface area contributed by atoms with Crippen LogP contribution in [0.15, 0.2) is 18.2 Å². The summed E-state index contributed by atoms with van der Waals surface area (Å²) in [5, 5.41) is 9.60. The molecule has 1 fully saturated rings. The third kappa shape index (κ3) is 3.27.